The van der Waals surface area contributed by atoms with Crippen molar-refractivity contribution < 1.29 is 24.2 Å². The van der Waals surface area contributed by atoms with E-state index in [0.717, 1.165) is 25.2 Å². The number of carbonyl (C=O) groups is 3. The van der Waals surface area contributed by atoms with Gasteiger partial charge in [-0.25, -0.2) is 0 Å². The number of rotatable bonds is 15. The van der Waals surface area contributed by atoms with Gasteiger partial charge in [-0.1, -0.05) is 39.8 Å². The van der Waals surface area contributed by atoms with E-state index in [2.05, 4.69) is 38.8 Å². The lowest BCUT2D eigenvalue weighted by Gasteiger charge is -2.40. The molecule has 0 aromatic heterocycles. The zero-order chi connectivity index (χ0) is 33.3. The Hall–Kier alpha value is -3.17. The molecular weight excluding hydrogens is 568 g/mol. The molecule has 3 heterocycles. The molecule has 1 aromatic carbocycles. The van der Waals surface area contributed by atoms with Crippen LogP contribution in [0.25, 0.3) is 0 Å². The fourth-order valence-electron chi connectivity index (χ4n) is 8.25. The van der Waals surface area contributed by atoms with Crippen LogP contribution < -0.4 is 9.80 Å². The number of aliphatic hydroxyl groups is 1. The second-order valence-corrected chi connectivity index (χ2v) is 13.4. The molecule has 248 valence electrons. The van der Waals surface area contributed by atoms with Gasteiger partial charge in [0.2, 0.25) is 11.8 Å². The molecule has 7 atom stereocenters. The summed E-state index contributed by atoms with van der Waals surface area (Å²) >= 11 is 0. The number of benzene rings is 1. The standard InChI is InChI=1S/C36H54N4O5/c1-10-19-38(20-11-2)32(42)29-30-33(43)40(28(23-41)24(6)7)31(36(30)22-25(8)35(29,9)45-36)34(44)39(21-12-3)27-17-15-26(16-18-27)37(13-4)14-5/h10,12,15-18,24-25,28-31,41H,1,3,11,13-14,19-23H2,2,4-9H3/t25?,28-,29-,30-,31?,35+,36?/m0/s1. The lowest BCUT2D eigenvalue weighted by Crippen LogP contribution is -2.60. The normalized spacial score (nSPS) is 29.1. The molecule has 3 unspecified atom stereocenters. The van der Waals surface area contributed by atoms with Crippen LogP contribution >= 0.6 is 0 Å². The van der Waals surface area contributed by atoms with E-state index in [1.807, 2.05) is 52.0 Å². The predicted molar refractivity (Wildman–Crippen MR) is 179 cm³/mol. The maximum Gasteiger partial charge on any atom is 0.253 e. The Bertz CT molecular complexity index is 1260. The van der Waals surface area contributed by atoms with Gasteiger partial charge in [0.1, 0.15) is 11.6 Å². The summed E-state index contributed by atoms with van der Waals surface area (Å²) in [6, 6.07) is 6.23. The van der Waals surface area contributed by atoms with Gasteiger partial charge in [-0.3, -0.25) is 14.4 Å². The molecule has 9 nitrogen and oxygen atoms in total. The van der Waals surface area contributed by atoms with Crippen LogP contribution in [-0.2, 0) is 19.1 Å². The van der Waals surface area contributed by atoms with Crippen molar-refractivity contribution in [3.8, 4) is 0 Å². The second-order valence-electron chi connectivity index (χ2n) is 13.4. The molecule has 3 saturated heterocycles. The number of likely N-dealkylation sites (tertiary alicyclic amines) is 1. The summed E-state index contributed by atoms with van der Waals surface area (Å²) < 4.78 is 6.98. The highest BCUT2D eigenvalue weighted by molar-refractivity contribution is 6.05. The topological polar surface area (TPSA) is 93.6 Å². The summed E-state index contributed by atoms with van der Waals surface area (Å²) in [5.41, 5.74) is -0.385. The minimum atomic E-state index is -1.21. The van der Waals surface area contributed by atoms with Crippen LogP contribution in [0.3, 0.4) is 0 Å². The van der Waals surface area contributed by atoms with Crippen molar-refractivity contribution in [2.24, 2.45) is 23.7 Å². The molecule has 0 saturated carbocycles. The summed E-state index contributed by atoms with van der Waals surface area (Å²) in [4.78, 5) is 51.4. The first-order valence-corrected chi connectivity index (χ1v) is 16.7. The van der Waals surface area contributed by atoms with Gasteiger partial charge in [-0.2, -0.15) is 0 Å². The first-order valence-electron chi connectivity index (χ1n) is 16.7. The quantitative estimate of drug-likeness (QED) is 0.290. The number of amides is 3. The number of hydrogen-bond acceptors (Lipinski definition) is 6. The SMILES string of the molecule is C=CCN(CCC)C(=O)[C@@H]1[C@H]2C(=O)N([C@@H](CO)C(C)C)C(C(=O)N(CC=C)c3ccc(N(CC)CC)cc3)C23CC(C)[C@@]1(C)O3. The molecule has 3 aliphatic rings. The fourth-order valence-corrected chi connectivity index (χ4v) is 8.25. The monoisotopic (exact) mass is 622 g/mol. The number of anilines is 2. The van der Waals surface area contributed by atoms with Crippen LogP contribution in [0.4, 0.5) is 11.4 Å². The summed E-state index contributed by atoms with van der Waals surface area (Å²) in [5, 5.41) is 10.6. The molecular formula is C36H54N4O5. The molecule has 2 bridgehead atoms. The highest BCUT2D eigenvalue weighted by Crippen LogP contribution is 2.66. The second kappa shape index (κ2) is 13.7. The minimum Gasteiger partial charge on any atom is -0.394 e. The number of ether oxygens (including phenoxy) is 1. The van der Waals surface area contributed by atoms with Gasteiger partial charge in [-0.15, -0.1) is 13.2 Å². The third-order valence-electron chi connectivity index (χ3n) is 10.6. The van der Waals surface area contributed by atoms with Gasteiger partial charge in [0.25, 0.3) is 5.91 Å². The van der Waals surface area contributed by atoms with E-state index in [0.29, 0.717) is 25.2 Å². The predicted octanol–water partition coefficient (Wildman–Crippen LogP) is 4.50. The Morgan fingerprint density at radius 3 is 2.18 bits per heavy atom. The van der Waals surface area contributed by atoms with Gasteiger partial charge >= 0.3 is 0 Å². The fraction of sp³-hybridized carbons (Fsp3) is 0.639. The molecule has 9 heteroatoms. The van der Waals surface area contributed by atoms with Crippen molar-refractivity contribution in [1.82, 2.24) is 9.80 Å². The Labute approximate surface area is 269 Å². The molecule has 1 N–H and O–H groups in total. The highest BCUT2D eigenvalue weighted by atomic mass is 16.5. The zero-order valence-corrected chi connectivity index (χ0v) is 28.4. The third kappa shape index (κ3) is 5.60. The molecule has 3 fully saturated rings. The van der Waals surface area contributed by atoms with Gasteiger partial charge in [0.15, 0.2) is 0 Å². The van der Waals surface area contributed by atoms with E-state index >= 15 is 4.79 Å². The van der Waals surface area contributed by atoms with Gasteiger partial charge in [-0.05, 0) is 69.7 Å². The van der Waals surface area contributed by atoms with Crippen LogP contribution in [-0.4, -0.2) is 95.2 Å². The van der Waals surface area contributed by atoms with Gasteiger partial charge in [0.05, 0.1) is 30.1 Å². The minimum absolute atomic E-state index is 0.0780. The number of carbonyl (C=O) groups excluding carboxylic acids is 3. The summed E-state index contributed by atoms with van der Waals surface area (Å²) in [6.45, 7) is 24.4. The van der Waals surface area contributed by atoms with Crippen molar-refractivity contribution in [2.75, 3.05) is 49.1 Å². The zero-order valence-electron chi connectivity index (χ0n) is 28.4. The Kier molecular flexibility index (Phi) is 10.5. The lowest BCUT2D eigenvalue weighted by atomic mass is 9.62. The van der Waals surface area contributed by atoms with E-state index in [1.165, 1.54) is 0 Å². The Balaban J connectivity index is 1.86. The number of hydrogen-bond donors (Lipinski definition) is 1. The summed E-state index contributed by atoms with van der Waals surface area (Å²) in [7, 11) is 0. The van der Waals surface area contributed by atoms with Crippen LogP contribution in [0.1, 0.15) is 61.3 Å². The average molecular weight is 623 g/mol. The number of aliphatic hydroxyl groups excluding tert-OH is 1. The number of fused-ring (bicyclic) bond motifs is 1. The third-order valence-corrected chi connectivity index (χ3v) is 10.6. The molecule has 0 radical (unpaired) electrons. The molecule has 1 spiro atoms. The maximum atomic E-state index is 15.0. The molecule has 1 aromatic rings. The van der Waals surface area contributed by atoms with Crippen LogP contribution in [0.5, 0.6) is 0 Å². The molecule has 3 aliphatic heterocycles. The Morgan fingerprint density at radius 1 is 1.07 bits per heavy atom. The van der Waals surface area contributed by atoms with Crippen molar-refractivity contribution in [3.63, 3.8) is 0 Å². The van der Waals surface area contributed by atoms with E-state index in [4.69, 9.17) is 4.74 Å². The highest BCUT2D eigenvalue weighted by Gasteiger charge is 2.80. The largest absolute Gasteiger partial charge is 0.394 e. The van der Waals surface area contributed by atoms with Crippen molar-refractivity contribution in [1.29, 1.82) is 0 Å². The van der Waals surface area contributed by atoms with Crippen LogP contribution in [0, 0.1) is 23.7 Å². The van der Waals surface area contributed by atoms with Crippen LogP contribution in [0.2, 0.25) is 0 Å². The van der Waals surface area contributed by atoms with Crippen molar-refractivity contribution >= 4 is 29.1 Å². The van der Waals surface area contributed by atoms with Gasteiger partial charge in [0, 0.05) is 44.1 Å². The van der Waals surface area contributed by atoms with Gasteiger partial charge < -0.3 is 29.4 Å². The van der Waals surface area contributed by atoms with E-state index < -0.39 is 35.1 Å². The molecule has 0 aliphatic carbocycles. The van der Waals surface area contributed by atoms with Crippen molar-refractivity contribution in [2.45, 2.75) is 84.6 Å². The van der Waals surface area contributed by atoms with Crippen molar-refractivity contribution in [3.05, 3.63) is 49.6 Å². The Morgan fingerprint density at radius 2 is 1.67 bits per heavy atom. The van der Waals surface area contributed by atoms with Crippen LogP contribution in [0.15, 0.2) is 49.6 Å². The van der Waals surface area contributed by atoms with E-state index in [-0.39, 0.29) is 42.7 Å². The lowest BCUT2D eigenvalue weighted by molar-refractivity contribution is -0.154. The smallest absolute Gasteiger partial charge is 0.253 e. The van der Waals surface area contributed by atoms with E-state index in [1.54, 1.807) is 26.9 Å². The molecule has 45 heavy (non-hydrogen) atoms. The molecule has 3 amide bonds. The van der Waals surface area contributed by atoms with E-state index in [9.17, 15) is 14.7 Å². The maximum absolute atomic E-state index is 15.0. The summed E-state index contributed by atoms with van der Waals surface area (Å²) in [5.74, 6) is -2.53. The molecule has 4 rings (SSSR count). The summed E-state index contributed by atoms with van der Waals surface area (Å²) in [6.07, 6.45) is 4.61. The first-order chi connectivity index (χ1) is 21.4. The first kappa shape index (κ1) is 34.7. The number of nitrogens with zero attached hydrogens (tertiary/aromatic N) is 4. The average Bonchev–Trinajstić information content (AvgIpc) is 3.53.